The molecule has 2 N–H and O–H groups in total. The zero-order valence-corrected chi connectivity index (χ0v) is 15.4. The van der Waals surface area contributed by atoms with Crippen molar-refractivity contribution in [3.63, 3.8) is 0 Å². The van der Waals surface area contributed by atoms with Crippen molar-refractivity contribution in [2.75, 3.05) is 19.5 Å². The van der Waals surface area contributed by atoms with Crippen molar-refractivity contribution in [1.82, 2.24) is 10.8 Å². The molecule has 0 aliphatic carbocycles. The summed E-state index contributed by atoms with van der Waals surface area (Å²) in [6.45, 7) is 1.43. The average Bonchev–Trinajstić information content (AvgIpc) is 3.35. The van der Waals surface area contributed by atoms with Crippen LogP contribution in [0, 0.1) is 0 Å². The van der Waals surface area contributed by atoms with Gasteiger partial charge >= 0.3 is 0 Å². The molecule has 0 radical (unpaired) electrons. The number of ether oxygens (including phenoxy) is 2. The van der Waals surface area contributed by atoms with Crippen molar-refractivity contribution in [3.05, 3.63) is 36.5 Å². The smallest absolute Gasteiger partial charge is 0.237 e. The first-order valence-corrected chi connectivity index (χ1v) is 8.32. The maximum absolute atomic E-state index is 11.5. The lowest BCUT2D eigenvalue weighted by atomic mass is 10.0. The first-order chi connectivity index (χ1) is 13.6. The number of hydrogen-bond acceptors (Lipinski definition) is 8. The third-order valence-electron chi connectivity index (χ3n) is 4.19. The molecule has 1 aromatic heterocycles. The monoisotopic (exact) mass is 383 g/mol. The molecule has 3 aromatic rings. The molecule has 1 amide bonds. The molecule has 9 heteroatoms. The SMILES string of the molecule is COc1ccc(-c2cnoc2-c2cc(OC)c3c(c2)ONO3)cc1NC(C)=O. The molecule has 0 unspecified atom stereocenters. The summed E-state index contributed by atoms with van der Waals surface area (Å²) in [6.07, 6.45) is 1.60. The molecule has 144 valence electrons. The molecule has 0 spiro atoms. The van der Waals surface area contributed by atoms with Gasteiger partial charge in [-0.1, -0.05) is 11.2 Å². The van der Waals surface area contributed by atoms with E-state index in [0.717, 1.165) is 11.1 Å². The van der Waals surface area contributed by atoms with Crippen molar-refractivity contribution >= 4 is 11.6 Å². The van der Waals surface area contributed by atoms with Crippen LogP contribution < -0.4 is 30.1 Å². The molecule has 2 heterocycles. The van der Waals surface area contributed by atoms with Crippen LogP contribution in [0.3, 0.4) is 0 Å². The van der Waals surface area contributed by atoms with Crippen LogP contribution in [0.5, 0.6) is 23.0 Å². The van der Waals surface area contributed by atoms with Crippen LogP contribution in [0.15, 0.2) is 41.1 Å². The van der Waals surface area contributed by atoms with E-state index in [1.165, 1.54) is 21.1 Å². The number of aromatic nitrogens is 1. The largest absolute Gasteiger partial charge is 0.495 e. The minimum atomic E-state index is -0.200. The highest BCUT2D eigenvalue weighted by Crippen LogP contribution is 2.45. The van der Waals surface area contributed by atoms with Crippen LogP contribution >= 0.6 is 0 Å². The molecule has 0 saturated heterocycles. The van der Waals surface area contributed by atoms with E-state index in [-0.39, 0.29) is 5.91 Å². The van der Waals surface area contributed by atoms with Gasteiger partial charge in [0.15, 0.2) is 11.5 Å². The van der Waals surface area contributed by atoms with Gasteiger partial charge in [0.25, 0.3) is 0 Å². The number of nitrogens with one attached hydrogen (secondary N) is 2. The van der Waals surface area contributed by atoms with Crippen LogP contribution in [0.25, 0.3) is 22.5 Å². The van der Waals surface area contributed by atoms with E-state index < -0.39 is 0 Å². The van der Waals surface area contributed by atoms with E-state index >= 15 is 0 Å². The summed E-state index contributed by atoms with van der Waals surface area (Å²) in [5.74, 6) is 2.25. The minimum absolute atomic E-state index is 0.200. The number of benzene rings is 2. The summed E-state index contributed by atoms with van der Waals surface area (Å²) in [5, 5.41) is 6.69. The lowest BCUT2D eigenvalue weighted by molar-refractivity contribution is -0.114. The standard InChI is InChI=1S/C19H17N3O6/c1-10(23)21-14-6-11(4-5-15(14)24-2)13-9-20-27-18(13)12-7-16(25-3)19-17(8-12)26-22-28-19/h4-9,22H,1-3H3,(H,21,23). The average molecular weight is 383 g/mol. The third-order valence-corrected chi connectivity index (χ3v) is 4.19. The maximum Gasteiger partial charge on any atom is 0.237 e. The van der Waals surface area contributed by atoms with Crippen molar-refractivity contribution in [3.8, 4) is 45.4 Å². The fraction of sp³-hybridized carbons (Fsp3) is 0.158. The number of methoxy groups -OCH3 is 2. The fourth-order valence-corrected chi connectivity index (χ4v) is 2.96. The molecule has 0 saturated carbocycles. The third kappa shape index (κ3) is 3.08. The number of carbonyl (C=O) groups is 1. The van der Waals surface area contributed by atoms with E-state index in [4.69, 9.17) is 23.7 Å². The highest BCUT2D eigenvalue weighted by atomic mass is 16.9. The van der Waals surface area contributed by atoms with Gasteiger partial charge in [-0.25, -0.2) is 0 Å². The van der Waals surface area contributed by atoms with Gasteiger partial charge in [0.2, 0.25) is 17.4 Å². The summed E-state index contributed by atoms with van der Waals surface area (Å²) in [7, 11) is 3.07. The Bertz CT molecular complexity index is 1050. The van der Waals surface area contributed by atoms with Gasteiger partial charge in [0, 0.05) is 23.7 Å². The molecule has 1 aliphatic rings. The van der Waals surface area contributed by atoms with E-state index in [1.807, 2.05) is 6.07 Å². The summed E-state index contributed by atoms with van der Waals surface area (Å²) < 4.78 is 16.2. The Morgan fingerprint density at radius 3 is 2.64 bits per heavy atom. The molecular weight excluding hydrogens is 366 g/mol. The number of anilines is 1. The highest BCUT2D eigenvalue weighted by Gasteiger charge is 2.24. The fourth-order valence-electron chi connectivity index (χ4n) is 2.96. The number of fused-ring (bicyclic) bond motifs is 1. The summed E-state index contributed by atoms with van der Waals surface area (Å²) in [4.78, 5) is 21.9. The Labute approximate surface area is 160 Å². The molecule has 2 aromatic carbocycles. The molecule has 0 atom stereocenters. The Balaban J connectivity index is 1.80. The van der Waals surface area contributed by atoms with Crippen LogP contribution in [0.4, 0.5) is 5.69 Å². The number of hydrogen-bond donors (Lipinski definition) is 2. The zero-order valence-electron chi connectivity index (χ0n) is 15.4. The minimum Gasteiger partial charge on any atom is -0.495 e. The molecule has 0 bridgehead atoms. The number of amides is 1. The Morgan fingerprint density at radius 1 is 1.07 bits per heavy atom. The Morgan fingerprint density at radius 2 is 1.89 bits per heavy atom. The lowest BCUT2D eigenvalue weighted by Crippen LogP contribution is -2.14. The van der Waals surface area contributed by atoms with Gasteiger partial charge in [-0.15, -0.1) is 0 Å². The quantitative estimate of drug-likeness (QED) is 0.692. The Hall–Kier alpha value is -3.72. The van der Waals surface area contributed by atoms with Crippen LogP contribution in [0.1, 0.15) is 6.92 Å². The first-order valence-electron chi connectivity index (χ1n) is 8.32. The van der Waals surface area contributed by atoms with Crippen LogP contribution in [0.2, 0.25) is 0 Å². The van der Waals surface area contributed by atoms with E-state index in [2.05, 4.69) is 16.1 Å². The van der Waals surface area contributed by atoms with Crippen LogP contribution in [-0.2, 0) is 4.79 Å². The molecule has 4 rings (SSSR count). The lowest BCUT2D eigenvalue weighted by Gasteiger charge is -2.11. The van der Waals surface area contributed by atoms with Gasteiger partial charge in [0.1, 0.15) is 5.75 Å². The van der Waals surface area contributed by atoms with Gasteiger partial charge in [-0.3, -0.25) is 4.79 Å². The van der Waals surface area contributed by atoms with Crippen LogP contribution in [-0.4, -0.2) is 25.3 Å². The van der Waals surface area contributed by atoms with Crippen molar-refractivity contribution in [1.29, 1.82) is 0 Å². The summed E-state index contributed by atoms with van der Waals surface area (Å²) >= 11 is 0. The first kappa shape index (κ1) is 17.7. The van der Waals surface area contributed by atoms with E-state index in [0.29, 0.717) is 40.0 Å². The molecule has 0 fully saturated rings. The predicted molar refractivity (Wildman–Crippen MR) is 99.2 cm³/mol. The van der Waals surface area contributed by atoms with Gasteiger partial charge < -0.3 is 29.0 Å². The number of rotatable bonds is 5. The number of nitrogens with zero attached hydrogens (tertiary/aromatic N) is 1. The summed E-state index contributed by atoms with van der Waals surface area (Å²) in [5.41, 5.74) is 5.09. The molecule has 28 heavy (non-hydrogen) atoms. The van der Waals surface area contributed by atoms with Gasteiger partial charge in [0.05, 0.1) is 26.1 Å². The second-order valence-electron chi connectivity index (χ2n) is 5.96. The second kappa shape index (κ2) is 7.12. The topological polar surface area (TPSA) is 104 Å². The second-order valence-corrected chi connectivity index (χ2v) is 5.96. The van der Waals surface area contributed by atoms with Gasteiger partial charge in [-0.05, 0) is 29.8 Å². The highest BCUT2D eigenvalue weighted by molar-refractivity contribution is 5.92. The van der Waals surface area contributed by atoms with E-state index in [1.54, 1.807) is 30.5 Å². The molecule has 9 nitrogen and oxygen atoms in total. The maximum atomic E-state index is 11.5. The van der Waals surface area contributed by atoms with Gasteiger partial charge in [-0.2, -0.15) is 0 Å². The summed E-state index contributed by atoms with van der Waals surface area (Å²) in [6, 6.07) is 8.92. The zero-order chi connectivity index (χ0) is 19.7. The van der Waals surface area contributed by atoms with Crippen molar-refractivity contribution in [2.45, 2.75) is 6.92 Å². The Kier molecular flexibility index (Phi) is 4.50. The number of carbonyl (C=O) groups excluding carboxylic acids is 1. The molecular formula is C19H17N3O6. The van der Waals surface area contributed by atoms with Crippen molar-refractivity contribution < 1.29 is 28.5 Å². The molecule has 1 aliphatic heterocycles. The predicted octanol–water partition coefficient (Wildman–Crippen LogP) is 3.18. The van der Waals surface area contributed by atoms with Crippen molar-refractivity contribution in [2.24, 2.45) is 0 Å². The van der Waals surface area contributed by atoms with E-state index in [9.17, 15) is 4.79 Å². The normalized spacial score (nSPS) is 12.0.